The van der Waals surface area contributed by atoms with Crippen LogP contribution in [0, 0.1) is 10.8 Å². The molecule has 0 bridgehead atoms. The molecular formula is C34H42O6. The van der Waals surface area contributed by atoms with E-state index in [1.165, 1.54) is 0 Å². The number of rotatable bonds is 14. The number of esters is 2. The second kappa shape index (κ2) is 14.2. The lowest BCUT2D eigenvalue weighted by atomic mass is 9.85. The Morgan fingerprint density at radius 1 is 0.600 bits per heavy atom. The highest BCUT2D eigenvalue weighted by Gasteiger charge is 2.31. The number of carbonyl (C=O) groups is 2. The van der Waals surface area contributed by atoms with Gasteiger partial charge in [-0.1, -0.05) is 84.9 Å². The highest BCUT2D eigenvalue weighted by atomic mass is 16.5. The van der Waals surface area contributed by atoms with Crippen molar-refractivity contribution in [2.75, 3.05) is 0 Å². The quantitative estimate of drug-likeness (QED) is 0.215. The van der Waals surface area contributed by atoms with E-state index in [4.69, 9.17) is 9.47 Å². The number of benzene rings is 3. The molecular weight excluding hydrogens is 504 g/mol. The molecule has 0 heterocycles. The molecule has 0 amide bonds. The van der Waals surface area contributed by atoms with Crippen LogP contribution in [0.2, 0.25) is 0 Å². The molecule has 3 aromatic rings. The zero-order chi connectivity index (χ0) is 29.2. The molecule has 0 aliphatic rings. The van der Waals surface area contributed by atoms with Crippen LogP contribution in [-0.2, 0) is 32.3 Å². The van der Waals surface area contributed by atoms with Gasteiger partial charge in [0.1, 0.15) is 13.2 Å². The van der Waals surface area contributed by atoms with Crippen molar-refractivity contribution in [1.29, 1.82) is 0 Å². The summed E-state index contributed by atoms with van der Waals surface area (Å²) in [6.45, 7) is 7.75. The summed E-state index contributed by atoms with van der Waals surface area (Å²) in [4.78, 5) is 25.2. The maximum atomic E-state index is 12.6. The fourth-order valence-electron chi connectivity index (χ4n) is 4.31. The summed E-state index contributed by atoms with van der Waals surface area (Å²) in [5, 5.41) is 21.5. The molecule has 0 saturated heterocycles. The molecule has 0 aliphatic carbocycles. The third-order valence-electron chi connectivity index (χ3n) is 7.32. The first-order valence-corrected chi connectivity index (χ1v) is 13.9. The maximum absolute atomic E-state index is 12.6. The summed E-state index contributed by atoms with van der Waals surface area (Å²) in [5.41, 5.74) is 1.83. The lowest BCUT2D eigenvalue weighted by Crippen LogP contribution is -2.27. The molecule has 6 nitrogen and oxygen atoms in total. The van der Waals surface area contributed by atoms with E-state index < -0.39 is 23.0 Å². The molecule has 2 unspecified atom stereocenters. The van der Waals surface area contributed by atoms with Crippen molar-refractivity contribution < 1.29 is 29.3 Å². The summed E-state index contributed by atoms with van der Waals surface area (Å²) in [6.07, 6.45) is 0.225. The van der Waals surface area contributed by atoms with Crippen molar-refractivity contribution in [3.05, 3.63) is 107 Å². The van der Waals surface area contributed by atoms with Crippen molar-refractivity contribution >= 4 is 11.9 Å². The van der Waals surface area contributed by atoms with Gasteiger partial charge in [-0.25, -0.2) is 0 Å². The molecule has 3 aromatic carbocycles. The van der Waals surface area contributed by atoms with Crippen LogP contribution < -0.4 is 0 Å². The Bertz CT molecular complexity index is 1110. The first-order chi connectivity index (χ1) is 19.0. The predicted molar refractivity (Wildman–Crippen MR) is 155 cm³/mol. The highest BCUT2D eigenvalue weighted by molar-refractivity contribution is 5.76. The third-order valence-corrected chi connectivity index (χ3v) is 7.32. The summed E-state index contributed by atoms with van der Waals surface area (Å²) >= 11 is 0. The number of ether oxygens (including phenoxy) is 2. The fraction of sp³-hybridized carbons (Fsp3) is 0.412. The standard InChI is InChI=1S/C34H42O6/c1-33(2,31(37)39-23-25-11-7-5-8-12-25)21-19-29(35)27-15-17-28(18-16-27)30(36)20-22-34(3,4)32(38)40-24-26-13-9-6-10-14-26/h5-18,29-30,35-36H,19-24H2,1-4H3. The first kappa shape index (κ1) is 31.1. The minimum Gasteiger partial charge on any atom is -0.460 e. The lowest BCUT2D eigenvalue weighted by molar-refractivity contribution is -0.156. The van der Waals surface area contributed by atoms with E-state index in [1.54, 1.807) is 24.3 Å². The first-order valence-electron chi connectivity index (χ1n) is 13.9. The number of aliphatic hydroxyl groups is 2. The Kier molecular flexibility index (Phi) is 11.1. The lowest BCUT2D eigenvalue weighted by Gasteiger charge is -2.25. The van der Waals surface area contributed by atoms with Crippen LogP contribution in [-0.4, -0.2) is 22.2 Å². The van der Waals surface area contributed by atoms with Crippen LogP contribution in [0.5, 0.6) is 0 Å². The fourth-order valence-corrected chi connectivity index (χ4v) is 4.31. The van der Waals surface area contributed by atoms with Gasteiger partial charge < -0.3 is 19.7 Å². The van der Waals surface area contributed by atoms with Crippen molar-refractivity contribution in [3.63, 3.8) is 0 Å². The van der Waals surface area contributed by atoms with Crippen LogP contribution in [0.4, 0.5) is 0 Å². The van der Waals surface area contributed by atoms with Crippen molar-refractivity contribution in [2.24, 2.45) is 10.8 Å². The Balaban J connectivity index is 1.44. The summed E-state index contributed by atoms with van der Waals surface area (Å²) < 4.78 is 11.0. The normalized spacial score (nSPS) is 13.3. The van der Waals surface area contributed by atoms with E-state index >= 15 is 0 Å². The van der Waals surface area contributed by atoms with Crippen molar-refractivity contribution in [1.82, 2.24) is 0 Å². The number of hydrogen-bond acceptors (Lipinski definition) is 6. The molecule has 0 fully saturated rings. The van der Waals surface area contributed by atoms with Gasteiger partial charge in [-0.2, -0.15) is 0 Å². The number of carbonyl (C=O) groups excluding carboxylic acids is 2. The van der Waals surface area contributed by atoms with E-state index in [9.17, 15) is 19.8 Å². The molecule has 214 valence electrons. The Hall–Kier alpha value is -3.48. The van der Waals surface area contributed by atoms with Gasteiger partial charge in [0.2, 0.25) is 0 Å². The molecule has 40 heavy (non-hydrogen) atoms. The molecule has 3 rings (SSSR count). The minimum atomic E-state index is -0.745. The zero-order valence-corrected chi connectivity index (χ0v) is 24.0. The SMILES string of the molecule is CC(C)(CCC(O)c1ccc(C(O)CCC(C)(C)C(=O)OCc2ccccc2)cc1)C(=O)OCc1ccccc1. The van der Waals surface area contributed by atoms with E-state index in [0.29, 0.717) is 36.8 Å². The molecule has 0 radical (unpaired) electrons. The van der Waals surface area contributed by atoms with E-state index in [2.05, 4.69) is 0 Å². The van der Waals surface area contributed by atoms with Crippen LogP contribution in [0.25, 0.3) is 0 Å². The number of hydrogen-bond donors (Lipinski definition) is 2. The number of aliphatic hydroxyl groups excluding tert-OH is 2. The van der Waals surface area contributed by atoms with Gasteiger partial charge >= 0.3 is 11.9 Å². The monoisotopic (exact) mass is 546 g/mol. The van der Waals surface area contributed by atoms with Crippen LogP contribution >= 0.6 is 0 Å². The Labute approximate surface area is 238 Å². The van der Waals surface area contributed by atoms with Gasteiger partial charge in [-0.15, -0.1) is 0 Å². The molecule has 2 atom stereocenters. The summed E-state index contributed by atoms with van der Waals surface area (Å²) in [7, 11) is 0. The minimum absolute atomic E-state index is 0.224. The van der Waals surface area contributed by atoms with Crippen LogP contribution in [0.15, 0.2) is 84.9 Å². The smallest absolute Gasteiger partial charge is 0.311 e. The van der Waals surface area contributed by atoms with Gasteiger partial charge in [0, 0.05) is 0 Å². The summed E-state index contributed by atoms with van der Waals surface area (Å²) in [5.74, 6) is -0.595. The van der Waals surface area contributed by atoms with Gasteiger partial charge in [-0.05, 0) is 75.6 Å². The Morgan fingerprint density at radius 2 is 0.925 bits per heavy atom. The van der Waals surface area contributed by atoms with E-state index in [-0.39, 0.29) is 25.2 Å². The van der Waals surface area contributed by atoms with Gasteiger partial charge in [0.25, 0.3) is 0 Å². The highest BCUT2D eigenvalue weighted by Crippen LogP contribution is 2.32. The summed E-state index contributed by atoms with van der Waals surface area (Å²) in [6, 6.07) is 26.3. The molecule has 0 spiro atoms. The van der Waals surface area contributed by atoms with Crippen LogP contribution in [0.1, 0.15) is 87.8 Å². The van der Waals surface area contributed by atoms with E-state index in [0.717, 1.165) is 11.1 Å². The topological polar surface area (TPSA) is 93.1 Å². The molecule has 0 saturated carbocycles. The molecule has 2 N–H and O–H groups in total. The average molecular weight is 547 g/mol. The molecule has 0 aromatic heterocycles. The second-order valence-corrected chi connectivity index (χ2v) is 11.7. The predicted octanol–water partition coefficient (Wildman–Crippen LogP) is 6.85. The largest absolute Gasteiger partial charge is 0.460 e. The zero-order valence-electron chi connectivity index (χ0n) is 24.0. The molecule has 0 aliphatic heterocycles. The van der Waals surface area contributed by atoms with E-state index in [1.807, 2.05) is 88.4 Å². The van der Waals surface area contributed by atoms with Gasteiger partial charge in [0.15, 0.2) is 0 Å². The molecule has 6 heteroatoms. The van der Waals surface area contributed by atoms with Gasteiger partial charge in [0.05, 0.1) is 23.0 Å². The van der Waals surface area contributed by atoms with Crippen molar-refractivity contribution in [2.45, 2.75) is 78.8 Å². The van der Waals surface area contributed by atoms with Gasteiger partial charge in [-0.3, -0.25) is 9.59 Å². The second-order valence-electron chi connectivity index (χ2n) is 11.7. The third kappa shape index (κ3) is 9.32. The van der Waals surface area contributed by atoms with Crippen LogP contribution in [0.3, 0.4) is 0 Å². The average Bonchev–Trinajstić information content (AvgIpc) is 2.97. The maximum Gasteiger partial charge on any atom is 0.311 e. The van der Waals surface area contributed by atoms with Crippen molar-refractivity contribution in [3.8, 4) is 0 Å². The Morgan fingerprint density at radius 3 is 1.25 bits per heavy atom.